The van der Waals surface area contributed by atoms with Crippen molar-refractivity contribution in [2.45, 2.75) is 26.4 Å². The number of hydrogen-bond donors (Lipinski definition) is 0. The standard InChI is InChI=1S/C9H18O3/c1-7(6-11-3)9(10)5-8(2)12-4/h7-8H,5-6H2,1-4H3. The monoisotopic (exact) mass is 174 g/mol. The van der Waals surface area contributed by atoms with Crippen molar-refractivity contribution in [3.05, 3.63) is 0 Å². The molecule has 0 aliphatic heterocycles. The van der Waals surface area contributed by atoms with Crippen LogP contribution in [0.5, 0.6) is 0 Å². The number of ketones is 1. The van der Waals surface area contributed by atoms with Crippen LogP contribution in [0, 0.1) is 5.92 Å². The van der Waals surface area contributed by atoms with Gasteiger partial charge < -0.3 is 9.47 Å². The highest BCUT2D eigenvalue weighted by atomic mass is 16.5. The van der Waals surface area contributed by atoms with Crippen LogP contribution in [0.4, 0.5) is 0 Å². The van der Waals surface area contributed by atoms with Crippen LogP contribution in [0.1, 0.15) is 20.3 Å². The largest absolute Gasteiger partial charge is 0.384 e. The zero-order chi connectivity index (χ0) is 9.56. The molecule has 0 aromatic rings. The van der Waals surface area contributed by atoms with Gasteiger partial charge in [-0.1, -0.05) is 6.92 Å². The van der Waals surface area contributed by atoms with E-state index in [9.17, 15) is 4.79 Å². The second kappa shape index (κ2) is 6.14. The van der Waals surface area contributed by atoms with Gasteiger partial charge in [0.2, 0.25) is 0 Å². The minimum atomic E-state index is -0.0207. The van der Waals surface area contributed by atoms with Crippen LogP contribution in [-0.2, 0) is 14.3 Å². The van der Waals surface area contributed by atoms with E-state index in [0.29, 0.717) is 13.0 Å². The van der Waals surface area contributed by atoms with Crippen molar-refractivity contribution in [1.82, 2.24) is 0 Å². The molecule has 0 radical (unpaired) electrons. The minimum Gasteiger partial charge on any atom is -0.384 e. The van der Waals surface area contributed by atoms with Crippen LogP contribution < -0.4 is 0 Å². The molecule has 0 aromatic carbocycles. The summed E-state index contributed by atoms with van der Waals surface area (Å²) in [6.07, 6.45) is 0.484. The first-order valence-corrected chi connectivity index (χ1v) is 4.16. The van der Waals surface area contributed by atoms with E-state index in [0.717, 1.165) is 0 Å². The maximum atomic E-state index is 11.3. The predicted octanol–water partition coefficient (Wildman–Crippen LogP) is 1.26. The Morgan fingerprint density at radius 2 is 1.92 bits per heavy atom. The fourth-order valence-electron chi connectivity index (χ4n) is 0.911. The van der Waals surface area contributed by atoms with Crippen LogP contribution in [0.3, 0.4) is 0 Å². The summed E-state index contributed by atoms with van der Waals surface area (Å²) in [7, 11) is 3.21. The second-order valence-corrected chi connectivity index (χ2v) is 3.07. The van der Waals surface area contributed by atoms with Crippen molar-refractivity contribution >= 4 is 5.78 Å². The molecule has 0 N–H and O–H groups in total. The van der Waals surface area contributed by atoms with Gasteiger partial charge in [0, 0.05) is 26.6 Å². The molecule has 0 saturated carbocycles. The van der Waals surface area contributed by atoms with Gasteiger partial charge in [0.25, 0.3) is 0 Å². The van der Waals surface area contributed by atoms with E-state index in [1.807, 2.05) is 13.8 Å². The summed E-state index contributed by atoms with van der Waals surface area (Å²) in [6.45, 7) is 4.25. The number of hydrogen-bond acceptors (Lipinski definition) is 3. The van der Waals surface area contributed by atoms with E-state index in [-0.39, 0.29) is 17.8 Å². The lowest BCUT2D eigenvalue weighted by Crippen LogP contribution is -2.21. The summed E-state index contributed by atoms with van der Waals surface area (Å²) in [6, 6.07) is 0. The van der Waals surface area contributed by atoms with Crippen LogP contribution in [-0.4, -0.2) is 32.7 Å². The highest BCUT2D eigenvalue weighted by Gasteiger charge is 2.15. The first kappa shape index (κ1) is 11.6. The maximum absolute atomic E-state index is 11.3. The highest BCUT2D eigenvalue weighted by Crippen LogP contribution is 2.05. The maximum Gasteiger partial charge on any atom is 0.140 e. The van der Waals surface area contributed by atoms with E-state index < -0.39 is 0 Å². The molecule has 0 amide bonds. The molecule has 2 unspecified atom stereocenters. The van der Waals surface area contributed by atoms with Crippen molar-refractivity contribution in [3.8, 4) is 0 Å². The van der Waals surface area contributed by atoms with Crippen molar-refractivity contribution < 1.29 is 14.3 Å². The van der Waals surface area contributed by atoms with Crippen molar-refractivity contribution in [3.63, 3.8) is 0 Å². The zero-order valence-electron chi connectivity index (χ0n) is 8.29. The number of ether oxygens (including phenoxy) is 2. The third-order valence-electron chi connectivity index (χ3n) is 1.86. The Labute approximate surface area is 74.0 Å². The summed E-state index contributed by atoms with van der Waals surface area (Å²) in [4.78, 5) is 11.3. The third kappa shape index (κ3) is 4.46. The summed E-state index contributed by atoms with van der Waals surface area (Å²) in [5.41, 5.74) is 0. The Morgan fingerprint density at radius 1 is 1.33 bits per heavy atom. The van der Waals surface area contributed by atoms with Crippen molar-refractivity contribution in [1.29, 1.82) is 0 Å². The van der Waals surface area contributed by atoms with E-state index in [1.54, 1.807) is 14.2 Å². The topological polar surface area (TPSA) is 35.5 Å². The quantitative estimate of drug-likeness (QED) is 0.608. The summed E-state index contributed by atoms with van der Waals surface area (Å²) >= 11 is 0. The lowest BCUT2D eigenvalue weighted by atomic mass is 10.0. The average molecular weight is 174 g/mol. The van der Waals surface area contributed by atoms with Crippen molar-refractivity contribution in [2.75, 3.05) is 20.8 Å². The van der Waals surface area contributed by atoms with E-state index in [1.165, 1.54) is 0 Å². The smallest absolute Gasteiger partial charge is 0.140 e. The first-order chi connectivity index (χ1) is 5.61. The number of rotatable bonds is 6. The number of carbonyl (C=O) groups is 1. The fraction of sp³-hybridized carbons (Fsp3) is 0.889. The lowest BCUT2D eigenvalue weighted by Gasteiger charge is -2.12. The molecule has 0 aliphatic rings. The van der Waals surface area contributed by atoms with E-state index in [4.69, 9.17) is 9.47 Å². The van der Waals surface area contributed by atoms with Gasteiger partial charge in [-0.25, -0.2) is 0 Å². The molecule has 0 spiro atoms. The Kier molecular flexibility index (Phi) is 5.93. The molecule has 2 atom stereocenters. The second-order valence-electron chi connectivity index (χ2n) is 3.07. The molecular weight excluding hydrogens is 156 g/mol. The Morgan fingerprint density at radius 3 is 2.33 bits per heavy atom. The summed E-state index contributed by atoms with van der Waals surface area (Å²) in [5.74, 6) is 0.179. The van der Waals surface area contributed by atoms with Gasteiger partial charge >= 0.3 is 0 Å². The first-order valence-electron chi connectivity index (χ1n) is 4.16. The Balaban J connectivity index is 3.70. The van der Waals surface area contributed by atoms with Gasteiger partial charge in [-0.15, -0.1) is 0 Å². The average Bonchev–Trinajstić information content (AvgIpc) is 2.04. The lowest BCUT2D eigenvalue weighted by molar-refractivity contribution is -0.126. The minimum absolute atomic E-state index is 0.0109. The number of carbonyl (C=O) groups excluding carboxylic acids is 1. The fourth-order valence-corrected chi connectivity index (χ4v) is 0.911. The van der Waals surface area contributed by atoms with Crippen LogP contribution in [0.25, 0.3) is 0 Å². The number of Topliss-reactive ketones (excluding diaryl/α,β-unsaturated/α-hetero) is 1. The molecule has 0 rings (SSSR count). The van der Waals surface area contributed by atoms with Crippen molar-refractivity contribution in [2.24, 2.45) is 5.92 Å². The molecule has 3 nitrogen and oxygen atoms in total. The molecule has 0 fully saturated rings. The normalized spacial score (nSPS) is 15.7. The molecule has 0 heterocycles. The summed E-state index contributed by atoms with van der Waals surface area (Å²) < 4.78 is 9.87. The summed E-state index contributed by atoms with van der Waals surface area (Å²) in [5, 5.41) is 0. The molecule has 0 aliphatic carbocycles. The molecule has 0 bridgehead atoms. The van der Waals surface area contributed by atoms with Crippen LogP contribution in [0.15, 0.2) is 0 Å². The highest BCUT2D eigenvalue weighted by molar-refractivity contribution is 5.81. The van der Waals surface area contributed by atoms with Gasteiger partial charge in [0.15, 0.2) is 0 Å². The van der Waals surface area contributed by atoms with Crippen LogP contribution >= 0.6 is 0 Å². The van der Waals surface area contributed by atoms with E-state index >= 15 is 0 Å². The molecule has 3 heteroatoms. The molecular formula is C9H18O3. The third-order valence-corrected chi connectivity index (χ3v) is 1.86. The van der Waals surface area contributed by atoms with Gasteiger partial charge in [0.05, 0.1) is 12.7 Å². The van der Waals surface area contributed by atoms with E-state index in [2.05, 4.69) is 0 Å². The van der Waals surface area contributed by atoms with Gasteiger partial charge in [-0.05, 0) is 6.92 Å². The molecule has 0 aromatic heterocycles. The van der Waals surface area contributed by atoms with Gasteiger partial charge in [0.1, 0.15) is 5.78 Å². The predicted molar refractivity (Wildman–Crippen MR) is 47.1 cm³/mol. The molecule has 12 heavy (non-hydrogen) atoms. The molecule has 72 valence electrons. The number of methoxy groups -OCH3 is 2. The van der Waals surface area contributed by atoms with Gasteiger partial charge in [-0.2, -0.15) is 0 Å². The Bertz CT molecular complexity index is 134. The molecule has 0 saturated heterocycles. The van der Waals surface area contributed by atoms with Crippen LogP contribution in [0.2, 0.25) is 0 Å². The zero-order valence-corrected chi connectivity index (χ0v) is 8.29. The Hall–Kier alpha value is -0.410. The van der Waals surface area contributed by atoms with Gasteiger partial charge in [-0.3, -0.25) is 4.79 Å². The SMILES string of the molecule is COCC(C)C(=O)CC(C)OC.